The van der Waals surface area contributed by atoms with E-state index in [0.717, 1.165) is 63.6 Å². The molecule has 0 radical (unpaired) electrons. The van der Waals surface area contributed by atoms with Crippen molar-refractivity contribution in [2.24, 2.45) is 0 Å². The Morgan fingerprint density at radius 1 is 0.822 bits per heavy atom. The van der Waals surface area contributed by atoms with Gasteiger partial charge in [-0.05, 0) is 73.7 Å². The van der Waals surface area contributed by atoms with Crippen LogP contribution in [-0.2, 0) is 28.9 Å². The Morgan fingerprint density at radius 2 is 1.49 bits per heavy atom. The summed E-state index contributed by atoms with van der Waals surface area (Å²) in [6.07, 6.45) is 25.3. The lowest BCUT2D eigenvalue weighted by atomic mass is 9.86. The number of thiophene rings is 1. The van der Waals surface area contributed by atoms with Gasteiger partial charge in [0.25, 0.3) is 0 Å². The second kappa shape index (κ2) is 23.2. The lowest BCUT2D eigenvalue weighted by molar-refractivity contribution is -0.135. The number of ether oxygens (including phenoxy) is 1. The number of amides is 1. The van der Waals surface area contributed by atoms with Crippen molar-refractivity contribution in [3.05, 3.63) is 51.7 Å². The van der Waals surface area contributed by atoms with Crippen LogP contribution >= 0.6 is 11.3 Å². The van der Waals surface area contributed by atoms with Gasteiger partial charge in [0.15, 0.2) is 0 Å². The molecule has 252 valence electrons. The zero-order chi connectivity index (χ0) is 32.0. The minimum absolute atomic E-state index is 0.0573. The number of benzene rings is 1. The Hall–Kier alpha value is -2.18. The van der Waals surface area contributed by atoms with Gasteiger partial charge in [0.1, 0.15) is 12.3 Å². The summed E-state index contributed by atoms with van der Waals surface area (Å²) >= 11 is 1.84. The van der Waals surface area contributed by atoms with E-state index in [1.165, 1.54) is 93.9 Å². The average molecular weight is 639 g/mol. The van der Waals surface area contributed by atoms with Gasteiger partial charge in [-0.15, -0.1) is 11.3 Å². The Balaban J connectivity index is 1.24. The maximum atomic E-state index is 12.6. The molecule has 0 spiro atoms. The number of nitrogens with zero attached hydrogens (tertiary/aromatic N) is 1. The highest BCUT2D eigenvalue weighted by Gasteiger charge is 2.26. The fraction of sp³-hybridized carbons (Fsp3) is 0.692. The summed E-state index contributed by atoms with van der Waals surface area (Å²) in [6, 6.07) is 11.0. The zero-order valence-electron chi connectivity index (χ0n) is 28.6. The highest BCUT2D eigenvalue weighted by atomic mass is 32.1. The first kappa shape index (κ1) is 37.3. The van der Waals surface area contributed by atoms with Gasteiger partial charge in [-0.3, -0.25) is 9.69 Å². The van der Waals surface area contributed by atoms with Crippen LogP contribution in [0.25, 0.3) is 0 Å². The molecule has 1 N–H and O–H groups in total. The molecule has 1 unspecified atom stereocenters. The SMILES string of the molecule is CCCCCCCCCCCCCCCCCC(=O)NCC(=O)Oc1cccc2c1CCC(N(CCC)CCc1cccs1)C2. The van der Waals surface area contributed by atoms with Gasteiger partial charge in [0, 0.05) is 23.9 Å². The molecule has 1 amide bonds. The van der Waals surface area contributed by atoms with E-state index < -0.39 is 0 Å². The van der Waals surface area contributed by atoms with Crippen molar-refractivity contribution in [2.45, 2.75) is 155 Å². The van der Waals surface area contributed by atoms with E-state index >= 15 is 0 Å². The van der Waals surface area contributed by atoms with Gasteiger partial charge in [0.2, 0.25) is 5.91 Å². The molecule has 2 aromatic rings. The van der Waals surface area contributed by atoms with E-state index in [0.29, 0.717) is 18.2 Å². The largest absolute Gasteiger partial charge is 0.425 e. The molecule has 0 saturated carbocycles. The minimum Gasteiger partial charge on any atom is -0.425 e. The molecule has 1 heterocycles. The monoisotopic (exact) mass is 638 g/mol. The van der Waals surface area contributed by atoms with Crippen LogP contribution in [0.4, 0.5) is 0 Å². The van der Waals surface area contributed by atoms with Crippen molar-refractivity contribution in [2.75, 3.05) is 19.6 Å². The van der Waals surface area contributed by atoms with Gasteiger partial charge in [0.05, 0.1) is 0 Å². The molecule has 45 heavy (non-hydrogen) atoms. The Kier molecular flexibility index (Phi) is 19.2. The summed E-state index contributed by atoms with van der Waals surface area (Å²) < 4.78 is 5.77. The normalized spacial score (nSPS) is 14.4. The number of hydrogen-bond acceptors (Lipinski definition) is 5. The van der Waals surface area contributed by atoms with Crippen LogP contribution in [0.2, 0.25) is 0 Å². The van der Waals surface area contributed by atoms with Crippen LogP contribution in [0, 0.1) is 0 Å². The van der Waals surface area contributed by atoms with Crippen molar-refractivity contribution in [3.63, 3.8) is 0 Å². The molecule has 1 atom stereocenters. The molecular formula is C39H62N2O3S. The Morgan fingerprint density at radius 3 is 2.11 bits per heavy atom. The topological polar surface area (TPSA) is 58.6 Å². The predicted octanol–water partition coefficient (Wildman–Crippen LogP) is 9.84. The minimum atomic E-state index is -0.390. The number of nitrogens with one attached hydrogen (secondary N) is 1. The van der Waals surface area contributed by atoms with E-state index in [4.69, 9.17) is 4.74 Å². The lowest BCUT2D eigenvalue weighted by Crippen LogP contribution is -2.41. The maximum absolute atomic E-state index is 12.6. The molecule has 0 bridgehead atoms. The van der Waals surface area contributed by atoms with Crippen LogP contribution < -0.4 is 10.1 Å². The summed E-state index contributed by atoms with van der Waals surface area (Å²) in [7, 11) is 0. The van der Waals surface area contributed by atoms with Gasteiger partial charge in [-0.25, -0.2) is 4.79 Å². The predicted molar refractivity (Wildman–Crippen MR) is 190 cm³/mol. The third-order valence-corrected chi connectivity index (χ3v) is 10.3. The fourth-order valence-corrected chi connectivity index (χ4v) is 7.41. The van der Waals surface area contributed by atoms with E-state index in [-0.39, 0.29) is 18.4 Å². The molecule has 3 rings (SSSR count). The number of carbonyl (C=O) groups is 2. The number of carbonyl (C=O) groups excluding carboxylic acids is 2. The van der Waals surface area contributed by atoms with E-state index in [9.17, 15) is 9.59 Å². The number of fused-ring (bicyclic) bond motifs is 1. The van der Waals surface area contributed by atoms with Crippen molar-refractivity contribution in [3.8, 4) is 5.75 Å². The standard InChI is InChI=1S/C39H62N2O3S/c1-3-5-6-7-8-9-10-11-12-13-14-15-16-17-18-24-38(42)40-32-39(43)44-37-23-19-21-33-31-34(25-26-36(33)37)41(28-4-2)29-27-35-22-20-30-45-35/h19-23,30,34H,3-18,24-29,31-32H2,1-2H3,(H,40,42). The number of esters is 1. The Bertz CT molecular complexity index is 1070. The molecule has 0 saturated heterocycles. The molecule has 1 aromatic heterocycles. The van der Waals surface area contributed by atoms with Crippen molar-refractivity contribution < 1.29 is 14.3 Å². The van der Waals surface area contributed by atoms with E-state index in [2.05, 4.69) is 47.6 Å². The van der Waals surface area contributed by atoms with Gasteiger partial charge in [-0.2, -0.15) is 0 Å². The van der Waals surface area contributed by atoms with Crippen LogP contribution in [0.3, 0.4) is 0 Å². The summed E-state index contributed by atoms with van der Waals surface area (Å²) in [5, 5.41) is 4.93. The molecular weight excluding hydrogens is 577 g/mol. The molecule has 1 aliphatic carbocycles. The fourth-order valence-electron chi connectivity index (χ4n) is 6.71. The second-order valence-corrected chi connectivity index (χ2v) is 14.1. The maximum Gasteiger partial charge on any atom is 0.330 e. The first-order valence-corrected chi connectivity index (χ1v) is 19.3. The lowest BCUT2D eigenvalue weighted by Gasteiger charge is -2.35. The van der Waals surface area contributed by atoms with Crippen LogP contribution in [0.5, 0.6) is 5.75 Å². The third kappa shape index (κ3) is 15.3. The zero-order valence-corrected chi connectivity index (χ0v) is 29.4. The summed E-state index contributed by atoms with van der Waals surface area (Å²) in [5.41, 5.74) is 2.44. The van der Waals surface area contributed by atoms with E-state index in [1.807, 2.05) is 23.5 Å². The smallest absolute Gasteiger partial charge is 0.330 e. The van der Waals surface area contributed by atoms with Crippen molar-refractivity contribution in [1.29, 1.82) is 0 Å². The van der Waals surface area contributed by atoms with Crippen LogP contribution in [0.1, 0.15) is 145 Å². The molecule has 1 aromatic carbocycles. The van der Waals surface area contributed by atoms with Crippen LogP contribution in [0.15, 0.2) is 35.7 Å². The Labute approximate surface area is 278 Å². The molecule has 0 aliphatic heterocycles. The van der Waals surface area contributed by atoms with Gasteiger partial charge in [-0.1, -0.05) is 122 Å². The molecule has 6 heteroatoms. The average Bonchev–Trinajstić information content (AvgIpc) is 3.57. The summed E-state index contributed by atoms with van der Waals surface area (Å²) in [5.74, 6) is 0.213. The first-order chi connectivity index (χ1) is 22.1. The van der Waals surface area contributed by atoms with Gasteiger partial charge < -0.3 is 10.1 Å². The number of rotatable bonds is 25. The highest BCUT2D eigenvalue weighted by molar-refractivity contribution is 7.09. The summed E-state index contributed by atoms with van der Waals surface area (Å²) in [6.45, 7) is 6.65. The summed E-state index contributed by atoms with van der Waals surface area (Å²) in [4.78, 5) is 29.0. The number of unbranched alkanes of at least 4 members (excludes halogenated alkanes) is 14. The first-order valence-electron chi connectivity index (χ1n) is 18.4. The second-order valence-electron chi connectivity index (χ2n) is 13.1. The van der Waals surface area contributed by atoms with Crippen molar-refractivity contribution >= 4 is 23.2 Å². The van der Waals surface area contributed by atoms with Gasteiger partial charge >= 0.3 is 5.97 Å². The highest BCUT2D eigenvalue weighted by Crippen LogP contribution is 2.32. The van der Waals surface area contributed by atoms with Crippen molar-refractivity contribution in [1.82, 2.24) is 10.2 Å². The molecule has 1 aliphatic rings. The molecule has 5 nitrogen and oxygen atoms in total. The quantitative estimate of drug-likeness (QED) is 0.0668. The third-order valence-electron chi connectivity index (χ3n) is 9.33. The number of hydrogen-bond donors (Lipinski definition) is 1. The van der Waals surface area contributed by atoms with E-state index in [1.54, 1.807) is 0 Å². The van der Waals surface area contributed by atoms with Crippen LogP contribution in [-0.4, -0.2) is 42.5 Å². The molecule has 0 fully saturated rings.